The van der Waals surface area contributed by atoms with Crippen molar-refractivity contribution < 1.29 is 19.2 Å². The fraction of sp³-hybridized carbons (Fsp3) is 0.500. The van der Waals surface area contributed by atoms with Crippen LogP contribution in [0.15, 0.2) is 24.3 Å². The Labute approximate surface area is 107 Å². The SMILES string of the molecule is COc1ccccc1C(=O)OC1CCC[NH+](C)C1. The molecule has 2 atom stereocenters. The van der Waals surface area contributed by atoms with E-state index in [1.54, 1.807) is 19.2 Å². The number of quaternary nitrogens is 1. The normalized spacial score (nSPS) is 23.4. The largest absolute Gasteiger partial charge is 0.496 e. The molecule has 0 aliphatic carbocycles. The number of para-hydroxylation sites is 1. The van der Waals surface area contributed by atoms with E-state index in [-0.39, 0.29) is 12.1 Å². The van der Waals surface area contributed by atoms with E-state index in [0.717, 1.165) is 25.9 Å². The molecule has 1 heterocycles. The van der Waals surface area contributed by atoms with Crippen LogP contribution in [0.5, 0.6) is 5.75 Å². The standard InChI is InChI=1S/C14H19NO3/c1-15-9-5-6-11(10-15)18-14(16)12-7-3-4-8-13(12)17-2/h3-4,7-8,11H,5-6,9-10H2,1-2H3/p+1. The van der Waals surface area contributed by atoms with E-state index in [9.17, 15) is 4.79 Å². The first-order valence-electron chi connectivity index (χ1n) is 6.36. The molecule has 1 aromatic carbocycles. The second-order valence-electron chi connectivity index (χ2n) is 4.78. The van der Waals surface area contributed by atoms with Crippen LogP contribution in [0.3, 0.4) is 0 Å². The Kier molecular flexibility index (Phi) is 4.20. The molecule has 4 nitrogen and oxygen atoms in total. The van der Waals surface area contributed by atoms with Crippen LogP contribution in [0, 0.1) is 0 Å². The maximum absolute atomic E-state index is 12.1. The second kappa shape index (κ2) is 5.87. The summed E-state index contributed by atoms with van der Waals surface area (Å²) in [5.41, 5.74) is 0.503. The van der Waals surface area contributed by atoms with E-state index < -0.39 is 0 Å². The monoisotopic (exact) mass is 250 g/mol. The number of methoxy groups -OCH3 is 1. The number of nitrogens with one attached hydrogen (secondary N) is 1. The van der Waals surface area contributed by atoms with Gasteiger partial charge < -0.3 is 14.4 Å². The van der Waals surface area contributed by atoms with E-state index >= 15 is 0 Å². The summed E-state index contributed by atoms with van der Waals surface area (Å²) >= 11 is 0. The number of piperidine rings is 1. The Bertz CT molecular complexity index is 419. The predicted molar refractivity (Wildman–Crippen MR) is 68.1 cm³/mol. The molecule has 0 spiro atoms. The number of ether oxygens (including phenoxy) is 2. The molecule has 1 saturated heterocycles. The molecule has 2 unspecified atom stereocenters. The van der Waals surface area contributed by atoms with E-state index in [0.29, 0.717) is 11.3 Å². The van der Waals surface area contributed by atoms with Crippen molar-refractivity contribution >= 4 is 5.97 Å². The maximum atomic E-state index is 12.1. The summed E-state index contributed by atoms with van der Waals surface area (Å²) < 4.78 is 10.7. The molecule has 2 rings (SSSR count). The first-order chi connectivity index (χ1) is 8.70. The molecule has 1 aromatic rings. The summed E-state index contributed by atoms with van der Waals surface area (Å²) in [6, 6.07) is 7.17. The number of esters is 1. The number of hydrogen-bond donors (Lipinski definition) is 1. The van der Waals surface area contributed by atoms with E-state index in [2.05, 4.69) is 7.05 Å². The van der Waals surface area contributed by atoms with Gasteiger partial charge in [0.05, 0.1) is 20.7 Å². The Morgan fingerprint density at radius 3 is 2.89 bits per heavy atom. The maximum Gasteiger partial charge on any atom is 0.342 e. The Morgan fingerprint density at radius 2 is 2.17 bits per heavy atom. The zero-order valence-electron chi connectivity index (χ0n) is 10.9. The van der Waals surface area contributed by atoms with Gasteiger partial charge in [-0.05, 0) is 18.6 Å². The summed E-state index contributed by atoms with van der Waals surface area (Å²) in [6.07, 6.45) is 2.09. The Morgan fingerprint density at radius 1 is 1.39 bits per heavy atom. The quantitative estimate of drug-likeness (QED) is 0.796. The number of likely N-dealkylation sites (N-methyl/N-ethyl adjacent to an activating group) is 1. The Hall–Kier alpha value is -1.55. The van der Waals surface area contributed by atoms with Crippen LogP contribution in [-0.2, 0) is 4.74 Å². The molecule has 98 valence electrons. The van der Waals surface area contributed by atoms with Crippen LogP contribution >= 0.6 is 0 Å². The topological polar surface area (TPSA) is 40.0 Å². The third-order valence-electron chi connectivity index (χ3n) is 3.31. The average Bonchev–Trinajstić information content (AvgIpc) is 2.38. The fourth-order valence-electron chi connectivity index (χ4n) is 2.35. The van der Waals surface area contributed by atoms with Crippen LogP contribution in [0.4, 0.5) is 0 Å². The lowest BCUT2D eigenvalue weighted by atomic mass is 10.1. The lowest BCUT2D eigenvalue weighted by Gasteiger charge is -2.26. The van der Waals surface area contributed by atoms with Crippen LogP contribution in [0.25, 0.3) is 0 Å². The predicted octanol–water partition coefficient (Wildman–Crippen LogP) is 0.529. The summed E-state index contributed by atoms with van der Waals surface area (Å²) in [5.74, 6) is 0.283. The van der Waals surface area contributed by atoms with Gasteiger partial charge >= 0.3 is 5.97 Å². The van der Waals surface area contributed by atoms with Crippen molar-refractivity contribution in [3.05, 3.63) is 29.8 Å². The smallest absolute Gasteiger partial charge is 0.342 e. The third-order valence-corrected chi connectivity index (χ3v) is 3.31. The highest BCUT2D eigenvalue weighted by atomic mass is 16.5. The van der Waals surface area contributed by atoms with Gasteiger partial charge in [0.15, 0.2) is 6.10 Å². The summed E-state index contributed by atoms with van der Waals surface area (Å²) in [7, 11) is 3.69. The number of likely N-dealkylation sites (tertiary alicyclic amines) is 1. The minimum atomic E-state index is -0.285. The fourth-order valence-corrected chi connectivity index (χ4v) is 2.35. The van der Waals surface area contributed by atoms with Gasteiger partial charge in [-0.15, -0.1) is 0 Å². The summed E-state index contributed by atoms with van der Waals surface area (Å²) in [5, 5.41) is 0. The molecule has 1 aliphatic rings. The minimum Gasteiger partial charge on any atom is -0.496 e. The number of carbonyl (C=O) groups excluding carboxylic acids is 1. The van der Waals surface area contributed by atoms with E-state index in [1.807, 2.05) is 12.1 Å². The van der Waals surface area contributed by atoms with Gasteiger partial charge in [-0.1, -0.05) is 12.1 Å². The highest BCUT2D eigenvalue weighted by molar-refractivity contribution is 5.92. The lowest BCUT2D eigenvalue weighted by Crippen LogP contribution is -3.11. The molecule has 18 heavy (non-hydrogen) atoms. The molecule has 1 aliphatic heterocycles. The van der Waals surface area contributed by atoms with Crippen molar-refractivity contribution in [2.45, 2.75) is 18.9 Å². The number of rotatable bonds is 3. The van der Waals surface area contributed by atoms with Crippen molar-refractivity contribution in [1.29, 1.82) is 0 Å². The molecule has 4 heteroatoms. The third kappa shape index (κ3) is 3.01. The molecule has 0 bridgehead atoms. The summed E-state index contributed by atoms with van der Waals surface area (Å²) in [6.45, 7) is 2.05. The lowest BCUT2D eigenvalue weighted by molar-refractivity contribution is -0.888. The zero-order valence-corrected chi connectivity index (χ0v) is 10.9. The first kappa shape index (κ1) is 12.9. The molecule has 1 fully saturated rings. The van der Waals surface area contributed by atoms with Gasteiger partial charge in [0.1, 0.15) is 17.9 Å². The summed E-state index contributed by atoms with van der Waals surface area (Å²) in [4.78, 5) is 13.5. The average molecular weight is 250 g/mol. The highest BCUT2D eigenvalue weighted by Crippen LogP contribution is 2.19. The molecule has 0 radical (unpaired) electrons. The molecule has 0 aromatic heterocycles. The molecule has 1 N–H and O–H groups in total. The van der Waals surface area contributed by atoms with E-state index in [1.165, 1.54) is 4.90 Å². The van der Waals surface area contributed by atoms with Gasteiger partial charge in [-0.25, -0.2) is 4.79 Å². The van der Waals surface area contributed by atoms with Crippen LogP contribution < -0.4 is 9.64 Å². The van der Waals surface area contributed by atoms with Gasteiger partial charge in [0, 0.05) is 6.42 Å². The Balaban J connectivity index is 2.03. The van der Waals surface area contributed by atoms with Crippen molar-refractivity contribution in [3.8, 4) is 5.75 Å². The van der Waals surface area contributed by atoms with Gasteiger partial charge in [-0.2, -0.15) is 0 Å². The van der Waals surface area contributed by atoms with E-state index in [4.69, 9.17) is 9.47 Å². The van der Waals surface area contributed by atoms with Crippen LogP contribution in [-0.4, -0.2) is 39.3 Å². The van der Waals surface area contributed by atoms with Crippen molar-refractivity contribution in [1.82, 2.24) is 0 Å². The highest BCUT2D eigenvalue weighted by Gasteiger charge is 2.25. The van der Waals surface area contributed by atoms with Gasteiger partial charge in [-0.3, -0.25) is 0 Å². The van der Waals surface area contributed by atoms with Crippen molar-refractivity contribution in [3.63, 3.8) is 0 Å². The number of benzene rings is 1. The van der Waals surface area contributed by atoms with Crippen molar-refractivity contribution in [2.24, 2.45) is 0 Å². The van der Waals surface area contributed by atoms with Crippen LogP contribution in [0.1, 0.15) is 23.2 Å². The zero-order chi connectivity index (χ0) is 13.0. The number of carbonyl (C=O) groups is 1. The first-order valence-corrected chi connectivity index (χ1v) is 6.36. The second-order valence-corrected chi connectivity index (χ2v) is 4.78. The molecular formula is C14H20NO3+. The number of hydrogen-bond acceptors (Lipinski definition) is 3. The van der Waals surface area contributed by atoms with Crippen LogP contribution in [0.2, 0.25) is 0 Å². The molecule has 0 amide bonds. The van der Waals surface area contributed by atoms with Gasteiger partial charge in [0.25, 0.3) is 0 Å². The van der Waals surface area contributed by atoms with Gasteiger partial charge in [0.2, 0.25) is 0 Å². The van der Waals surface area contributed by atoms with Crippen molar-refractivity contribution in [2.75, 3.05) is 27.2 Å². The minimum absolute atomic E-state index is 0.0242. The molecular weight excluding hydrogens is 230 g/mol. The molecule has 0 saturated carbocycles.